The molecule has 0 fully saturated rings. The number of ether oxygens (including phenoxy) is 2. The maximum atomic E-state index is 10.6. The summed E-state index contributed by atoms with van der Waals surface area (Å²) in [6, 6.07) is 5.42. The zero-order valence-corrected chi connectivity index (χ0v) is 7.77. The van der Waals surface area contributed by atoms with Crippen molar-refractivity contribution in [2.24, 2.45) is 0 Å². The van der Waals surface area contributed by atoms with Crippen LogP contribution in [0, 0.1) is 0 Å². The van der Waals surface area contributed by atoms with Gasteiger partial charge < -0.3 is 9.47 Å². The molecular weight excluding hydrogens is 194 g/mol. The Labute approximate surface area is 85.4 Å². The lowest BCUT2D eigenvalue weighted by molar-refractivity contribution is 0.112. The van der Waals surface area contributed by atoms with E-state index in [0.717, 1.165) is 17.2 Å². The number of fused-ring (bicyclic) bond motifs is 2. The van der Waals surface area contributed by atoms with Crippen LogP contribution < -0.4 is 9.47 Å². The number of pyridine rings is 1. The number of aromatic nitrogens is 1. The van der Waals surface area contributed by atoms with Crippen molar-refractivity contribution < 1.29 is 14.3 Å². The number of benzene rings is 1. The van der Waals surface area contributed by atoms with Crippen LogP contribution in [0.15, 0.2) is 24.4 Å². The molecule has 15 heavy (non-hydrogen) atoms. The Hall–Kier alpha value is -2.10. The molecule has 0 N–H and O–H groups in total. The smallest absolute Gasteiger partial charge is 0.231 e. The molecule has 0 radical (unpaired) electrons. The molecule has 0 bridgehead atoms. The van der Waals surface area contributed by atoms with Crippen LogP contribution in [0.1, 0.15) is 10.4 Å². The van der Waals surface area contributed by atoms with Crippen LogP contribution in [0.4, 0.5) is 0 Å². The lowest BCUT2D eigenvalue weighted by atomic mass is 10.1. The van der Waals surface area contributed by atoms with Gasteiger partial charge in [-0.15, -0.1) is 0 Å². The number of carbonyl (C=O) groups is 1. The Morgan fingerprint density at radius 2 is 2.00 bits per heavy atom. The van der Waals surface area contributed by atoms with Crippen molar-refractivity contribution in [3.05, 3.63) is 30.0 Å². The summed E-state index contributed by atoms with van der Waals surface area (Å²) >= 11 is 0. The fraction of sp³-hybridized carbons (Fsp3) is 0.0909. The Morgan fingerprint density at radius 1 is 1.20 bits per heavy atom. The molecule has 4 nitrogen and oxygen atoms in total. The molecule has 4 heteroatoms. The highest BCUT2D eigenvalue weighted by Crippen LogP contribution is 2.35. The molecule has 0 amide bonds. The van der Waals surface area contributed by atoms with Gasteiger partial charge >= 0.3 is 0 Å². The van der Waals surface area contributed by atoms with Gasteiger partial charge in [-0.05, 0) is 12.1 Å². The first kappa shape index (κ1) is 8.23. The first-order valence-electron chi connectivity index (χ1n) is 4.51. The minimum absolute atomic E-state index is 0.242. The molecule has 1 aromatic carbocycles. The van der Waals surface area contributed by atoms with E-state index in [-0.39, 0.29) is 6.79 Å². The molecule has 0 unspecified atom stereocenters. The monoisotopic (exact) mass is 201 g/mol. The van der Waals surface area contributed by atoms with E-state index in [1.54, 1.807) is 6.07 Å². The number of aldehydes is 1. The van der Waals surface area contributed by atoms with E-state index in [1.165, 1.54) is 6.20 Å². The molecule has 0 saturated carbocycles. The number of carbonyl (C=O) groups excluding carboxylic acids is 1. The van der Waals surface area contributed by atoms with Crippen LogP contribution in [0.2, 0.25) is 0 Å². The van der Waals surface area contributed by atoms with Crippen molar-refractivity contribution in [1.82, 2.24) is 4.98 Å². The van der Waals surface area contributed by atoms with Gasteiger partial charge in [0.15, 0.2) is 17.8 Å². The fourth-order valence-electron chi connectivity index (χ4n) is 1.60. The lowest BCUT2D eigenvalue weighted by Crippen LogP contribution is -1.92. The average molecular weight is 201 g/mol. The minimum atomic E-state index is 0.242. The number of rotatable bonds is 1. The molecule has 2 heterocycles. The summed E-state index contributed by atoms with van der Waals surface area (Å²) in [7, 11) is 0. The molecular formula is C11H7NO3. The summed E-state index contributed by atoms with van der Waals surface area (Å²) in [4.78, 5) is 14.8. The zero-order chi connectivity index (χ0) is 10.3. The van der Waals surface area contributed by atoms with E-state index in [0.29, 0.717) is 17.1 Å². The highest BCUT2D eigenvalue weighted by Gasteiger charge is 2.14. The first-order chi connectivity index (χ1) is 7.36. The third-order valence-corrected chi connectivity index (χ3v) is 2.33. The van der Waals surface area contributed by atoms with Crippen LogP contribution in [-0.2, 0) is 0 Å². The molecule has 0 saturated heterocycles. The molecule has 1 aliphatic heterocycles. The van der Waals surface area contributed by atoms with Crippen LogP contribution >= 0.6 is 0 Å². The van der Waals surface area contributed by atoms with E-state index in [4.69, 9.17) is 9.47 Å². The first-order valence-corrected chi connectivity index (χ1v) is 4.51. The second kappa shape index (κ2) is 2.95. The summed E-state index contributed by atoms with van der Waals surface area (Å²) in [5.74, 6) is 1.40. The SMILES string of the molecule is O=Cc1cnc2cc3c(cc2c1)OCO3. The van der Waals surface area contributed by atoms with Gasteiger partial charge in [-0.25, -0.2) is 0 Å². The number of nitrogens with zero attached hydrogens (tertiary/aromatic N) is 1. The number of hydrogen-bond acceptors (Lipinski definition) is 4. The topological polar surface area (TPSA) is 48.4 Å². The van der Waals surface area contributed by atoms with Gasteiger partial charge in [0.05, 0.1) is 5.52 Å². The van der Waals surface area contributed by atoms with E-state index >= 15 is 0 Å². The summed E-state index contributed by atoms with van der Waals surface area (Å²) in [6.45, 7) is 0.242. The van der Waals surface area contributed by atoms with Crippen molar-refractivity contribution in [2.45, 2.75) is 0 Å². The summed E-state index contributed by atoms with van der Waals surface area (Å²) < 4.78 is 10.5. The van der Waals surface area contributed by atoms with Crippen LogP contribution in [-0.4, -0.2) is 18.1 Å². The second-order valence-electron chi connectivity index (χ2n) is 3.28. The van der Waals surface area contributed by atoms with Crippen molar-refractivity contribution >= 4 is 17.2 Å². The third kappa shape index (κ3) is 1.22. The number of hydrogen-bond donors (Lipinski definition) is 0. The quantitative estimate of drug-likeness (QED) is 0.660. The van der Waals surface area contributed by atoms with Gasteiger partial charge in [-0.2, -0.15) is 0 Å². The molecule has 1 aliphatic rings. The predicted molar refractivity (Wildman–Crippen MR) is 53.3 cm³/mol. The fourth-order valence-corrected chi connectivity index (χ4v) is 1.60. The van der Waals surface area contributed by atoms with Gasteiger partial charge in [0.25, 0.3) is 0 Å². The molecule has 74 valence electrons. The molecule has 1 aromatic heterocycles. The van der Waals surface area contributed by atoms with Crippen molar-refractivity contribution in [3.8, 4) is 11.5 Å². The van der Waals surface area contributed by atoms with Gasteiger partial charge in [0, 0.05) is 23.2 Å². The van der Waals surface area contributed by atoms with Gasteiger partial charge in [-0.1, -0.05) is 0 Å². The molecule has 0 atom stereocenters. The zero-order valence-electron chi connectivity index (χ0n) is 7.77. The molecule has 2 aromatic rings. The van der Waals surface area contributed by atoms with E-state index in [9.17, 15) is 4.79 Å². The molecule has 0 aliphatic carbocycles. The maximum Gasteiger partial charge on any atom is 0.231 e. The van der Waals surface area contributed by atoms with Crippen molar-refractivity contribution in [2.75, 3.05) is 6.79 Å². The van der Waals surface area contributed by atoms with Crippen LogP contribution in [0.3, 0.4) is 0 Å². The van der Waals surface area contributed by atoms with Gasteiger partial charge in [-0.3, -0.25) is 9.78 Å². The van der Waals surface area contributed by atoms with Gasteiger partial charge in [0.1, 0.15) is 0 Å². The maximum absolute atomic E-state index is 10.6. The Bertz CT molecular complexity index is 551. The van der Waals surface area contributed by atoms with Crippen molar-refractivity contribution in [1.29, 1.82) is 0 Å². The normalized spacial score (nSPS) is 13.1. The van der Waals surface area contributed by atoms with E-state index in [2.05, 4.69) is 4.98 Å². The molecule has 3 rings (SSSR count). The second-order valence-corrected chi connectivity index (χ2v) is 3.28. The lowest BCUT2D eigenvalue weighted by Gasteiger charge is -2.00. The molecule has 0 spiro atoms. The summed E-state index contributed by atoms with van der Waals surface area (Å²) in [5.41, 5.74) is 1.35. The van der Waals surface area contributed by atoms with E-state index < -0.39 is 0 Å². The van der Waals surface area contributed by atoms with Crippen LogP contribution in [0.25, 0.3) is 10.9 Å². The predicted octanol–water partition coefficient (Wildman–Crippen LogP) is 1.78. The van der Waals surface area contributed by atoms with E-state index in [1.807, 2.05) is 12.1 Å². The highest BCUT2D eigenvalue weighted by molar-refractivity contribution is 5.88. The Morgan fingerprint density at radius 3 is 2.80 bits per heavy atom. The third-order valence-electron chi connectivity index (χ3n) is 2.33. The Balaban J connectivity index is 2.28. The highest BCUT2D eigenvalue weighted by atomic mass is 16.7. The van der Waals surface area contributed by atoms with Crippen LogP contribution in [0.5, 0.6) is 11.5 Å². The van der Waals surface area contributed by atoms with Crippen molar-refractivity contribution in [3.63, 3.8) is 0 Å². The average Bonchev–Trinajstić information content (AvgIpc) is 2.72. The standard InChI is InChI=1S/C11H7NO3/c13-5-7-1-8-2-10-11(15-6-14-10)3-9(8)12-4-7/h1-5H,6H2. The minimum Gasteiger partial charge on any atom is -0.454 e. The Kier molecular flexibility index (Phi) is 1.62. The summed E-state index contributed by atoms with van der Waals surface area (Å²) in [6.07, 6.45) is 2.31. The largest absolute Gasteiger partial charge is 0.454 e. The van der Waals surface area contributed by atoms with Gasteiger partial charge in [0.2, 0.25) is 6.79 Å². The summed E-state index contributed by atoms with van der Waals surface area (Å²) in [5, 5.41) is 0.879.